The molecule has 1 aliphatic carbocycles. The lowest BCUT2D eigenvalue weighted by Crippen LogP contribution is -2.06. The van der Waals surface area contributed by atoms with Crippen LogP contribution in [0.25, 0.3) is 11.1 Å². The van der Waals surface area contributed by atoms with Gasteiger partial charge in [-0.2, -0.15) is 0 Å². The maximum atomic E-state index is 12.1. The highest BCUT2D eigenvalue weighted by atomic mass is 16.4. The highest BCUT2D eigenvalue weighted by molar-refractivity contribution is 6.25. The molecule has 17 heavy (non-hydrogen) atoms. The molecule has 2 aromatic rings. The van der Waals surface area contributed by atoms with Gasteiger partial charge in [-0.05, 0) is 29.3 Å². The van der Waals surface area contributed by atoms with Crippen LogP contribution in [0, 0.1) is 6.07 Å². The molecule has 0 aromatic heterocycles. The fraction of sp³-hybridized carbons (Fsp3) is 0. The smallest absolute Gasteiger partial charge is 0.336 e. The topological polar surface area (TPSA) is 54.4 Å². The second-order valence-electron chi connectivity index (χ2n) is 3.84. The fourth-order valence-corrected chi connectivity index (χ4v) is 2.17. The zero-order chi connectivity index (χ0) is 12.0. The molecule has 0 atom stereocenters. The third-order valence-corrected chi connectivity index (χ3v) is 2.91. The van der Waals surface area contributed by atoms with Crippen molar-refractivity contribution in [3.8, 4) is 11.1 Å². The molecule has 2 aromatic carbocycles. The first-order chi connectivity index (χ1) is 8.20. The van der Waals surface area contributed by atoms with Crippen molar-refractivity contribution in [2.45, 2.75) is 0 Å². The van der Waals surface area contributed by atoms with E-state index in [9.17, 15) is 9.59 Å². The molecule has 0 bridgehead atoms. The molecule has 81 valence electrons. The van der Waals surface area contributed by atoms with E-state index >= 15 is 0 Å². The van der Waals surface area contributed by atoms with Gasteiger partial charge in [0.25, 0.3) is 0 Å². The van der Waals surface area contributed by atoms with Crippen molar-refractivity contribution in [2.24, 2.45) is 0 Å². The Balaban J connectivity index is 2.38. The molecular formula is C14H7O3. The van der Waals surface area contributed by atoms with Crippen LogP contribution in [0.5, 0.6) is 0 Å². The number of carboxylic acid groups (broad SMARTS) is 1. The maximum Gasteiger partial charge on any atom is 0.336 e. The number of carbonyl (C=O) groups excluding carboxylic acids is 1. The van der Waals surface area contributed by atoms with Gasteiger partial charge in [0.1, 0.15) is 0 Å². The lowest BCUT2D eigenvalue weighted by Gasteiger charge is -2.01. The number of rotatable bonds is 1. The van der Waals surface area contributed by atoms with Gasteiger partial charge in [-0.15, -0.1) is 0 Å². The Kier molecular flexibility index (Phi) is 1.89. The summed E-state index contributed by atoms with van der Waals surface area (Å²) in [6.45, 7) is 0. The molecular weight excluding hydrogens is 216 g/mol. The average Bonchev–Trinajstić information content (AvgIpc) is 2.64. The molecule has 0 aliphatic heterocycles. The molecule has 0 unspecified atom stereocenters. The van der Waals surface area contributed by atoms with Gasteiger partial charge in [-0.25, -0.2) is 4.79 Å². The Labute approximate surface area is 97.3 Å². The van der Waals surface area contributed by atoms with E-state index in [1.54, 1.807) is 18.2 Å². The normalized spacial score (nSPS) is 12.1. The highest BCUT2D eigenvalue weighted by Crippen LogP contribution is 2.37. The molecule has 3 heteroatoms. The molecule has 0 fully saturated rings. The molecule has 0 amide bonds. The minimum atomic E-state index is -1.10. The second-order valence-corrected chi connectivity index (χ2v) is 3.84. The summed E-state index contributed by atoms with van der Waals surface area (Å²) < 4.78 is 0. The van der Waals surface area contributed by atoms with Gasteiger partial charge in [-0.3, -0.25) is 4.79 Å². The number of ketones is 1. The van der Waals surface area contributed by atoms with Crippen molar-refractivity contribution in [1.82, 2.24) is 0 Å². The number of hydrogen-bond donors (Lipinski definition) is 1. The summed E-state index contributed by atoms with van der Waals surface area (Å²) in [5.41, 5.74) is 2.29. The second kappa shape index (κ2) is 3.28. The molecule has 3 nitrogen and oxygen atoms in total. The summed E-state index contributed by atoms with van der Waals surface area (Å²) in [7, 11) is 0. The Bertz CT molecular complexity index is 656. The van der Waals surface area contributed by atoms with Gasteiger partial charge in [0.2, 0.25) is 0 Å². The van der Waals surface area contributed by atoms with Crippen molar-refractivity contribution in [2.75, 3.05) is 0 Å². The zero-order valence-electron chi connectivity index (χ0n) is 8.73. The van der Waals surface area contributed by atoms with Gasteiger partial charge in [0.15, 0.2) is 5.78 Å². The molecule has 0 spiro atoms. The number of benzene rings is 2. The SMILES string of the molecule is O=C(O)c1c[c]cc2c1C(=O)c1ccccc1-2. The number of carboxylic acids is 1. The first-order valence-corrected chi connectivity index (χ1v) is 5.11. The minimum absolute atomic E-state index is 0.0173. The molecule has 0 heterocycles. The van der Waals surface area contributed by atoms with E-state index < -0.39 is 5.97 Å². The van der Waals surface area contributed by atoms with Gasteiger partial charge in [0.05, 0.1) is 5.56 Å². The standard InChI is InChI=1S/C14H7O3/c15-13-10-5-2-1-4-8(10)9-6-3-7-11(12(9)13)14(16)17/h1-2,4-7H,(H,16,17). The fourth-order valence-electron chi connectivity index (χ4n) is 2.17. The van der Waals surface area contributed by atoms with E-state index in [2.05, 4.69) is 6.07 Å². The largest absolute Gasteiger partial charge is 0.478 e. The van der Waals surface area contributed by atoms with Crippen LogP contribution in [0.3, 0.4) is 0 Å². The first-order valence-electron chi connectivity index (χ1n) is 5.11. The zero-order valence-corrected chi connectivity index (χ0v) is 8.73. The lowest BCUT2D eigenvalue weighted by atomic mass is 10.0. The summed E-state index contributed by atoms with van der Waals surface area (Å²) in [6.07, 6.45) is 0. The van der Waals surface area contributed by atoms with Crippen molar-refractivity contribution >= 4 is 11.8 Å². The van der Waals surface area contributed by atoms with Crippen LogP contribution in [0.4, 0.5) is 0 Å². The molecule has 1 radical (unpaired) electrons. The first kappa shape index (κ1) is 9.78. The van der Waals surface area contributed by atoms with E-state index in [0.29, 0.717) is 11.1 Å². The molecule has 0 saturated carbocycles. The molecule has 3 rings (SSSR count). The van der Waals surface area contributed by atoms with Crippen LogP contribution in [0.2, 0.25) is 0 Å². The van der Waals surface area contributed by atoms with Crippen LogP contribution < -0.4 is 0 Å². The van der Waals surface area contributed by atoms with Crippen molar-refractivity contribution in [3.05, 3.63) is 59.2 Å². The van der Waals surface area contributed by atoms with Gasteiger partial charge < -0.3 is 5.11 Å². The highest BCUT2D eigenvalue weighted by Gasteiger charge is 2.30. The van der Waals surface area contributed by atoms with Crippen molar-refractivity contribution in [1.29, 1.82) is 0 Å². The van der Waals surface area contributed by atoms with E-state index in [1.165, 1.54) is 6.07 Å². The summed E-state index contributed by atoms with van der Waals surface area (Å²) >= 11 is 0. The quantitative estimate of drug-likeness (QED) is 0.689. The van der Waals surface area contributed by atoms with Crippen molar-refractivity contribution < 1.29 is 14.7 Å². The third kappa shape index (κ3) is 1.22. The number of hydrogen-bond acceptors (Lipinski definition) is 2. The Hall–Kier alpha value is -2.42. The van der Waals surface area contributed by atoms with Gasteiger partial charge in [0, 0.05) is 11.1 Å². The van der Waals surface area contributed by atoms with Crippen LogP contribution in [-0.2, 0) is 0 Å². The van der Waals surface area contributed by atoms with Crippen LogP contribution in [0.15, 0.2) is 36.4 Å². The Morgan fingerprint density at radius 3 is 2.47 bits per heavy atom. The van der Waals surface area contributed by atoms with E-state index in [0.717, 1.165) is 5.56 Å². The Morgan fingerprint density at radius 1 is 1.06 bits per heavy atom. The minimum Gasteiger partial charge on any atom is -0.478 e. The summed E-state index contributed by atoms with van der Waals surface area (Å²) in [4.78, 5) is 23.2. The van der Waals surface area contributed by atoms with Crippen LogP contribution in [-0.4, -0.2) is 16.9 Å². The third-order valence-electron chi connectivity index (χ3n) is 2.91. The van der Waals surface area contributed by atoms with E-state index in [-0.39, 0.29) is 16.9 Å². The monoisotopic (exact) mass is 223 g/mol. The summed E-state index contributed by atoms with van der Waals surface area (Å²) in [5.74, 6) is -1.32. The maximum absolute atomic E-state index is 12.1. The summed E-state index contributed by atoms with van der Waals surface area (Å²) in [6, 6.07) is 12.9. The van der Waals surface area contributed by atoms with Crippen LogP contribution in [0.1, 0.15) is 26.3 Å². The number of carbonyl (C=O) groups is 2. The number of fused-ring (bicyclic) bond motifs is 3. The molecule has 1 aliphatic rings. The van der Waals surface area contributed by atoms with E-state index in [1.807, 2.05) is 12.1 Å². The number of aromatic carboxylic acids is 1. The Morgan fingerprint density at radius 2 is 1.76 bits per heavy atom. The average molecular weight is 223 g/mol. The van der Waals surface area contributed by atoms with E-state index in [4.69, 9.17) is 5.11 Å². The van der Waals surface area contributed by atoms with Crippen LogP contribution >= 0.6 is 0 Å². The predicted octanol–water partition coefficient (Wildman–Crippen LogP) is 2.40. The predicted molar refractivity (Wildman–Crippen MR) is 61.1 cm³/mol. The van der Waals surface area contributed by atoms with Crippen molar-refractivity contribution in [3.63, 3.8) is 0 Å². The molecule has 1 N–H and O–H groups in total. The lowest BCUT2D eigenvalue weighted by molar-refractivity contribution is 0.0693. The van der Waals surface area contributed by atoms with Gasteiger partial charge in [-0.1, -0.05) is 24.3 Å². The summed E-state index contributed by atoms with van der Waals surface area (Å²) in [5, 5.41) is 9.07. The van der Waals surface area contributed by atoms with Gasteiger partial charge >= 0.3 is 5.97 Å². The molecule has 0 saturated heterocycles.